The number of benzene rings is 2. The van der Waals surface area contributed by atoms with E-state index in [-0.39, 0.29) is 35.0 Å². The van der Waals surface area contributed by atoms with Gasteiger partial charge in [-0.15, -0.1) is 0 Å². The first-order valence-corrected chi connectivity index (χ1v) is 11.3. The van der Waals surface area contributed by atoms with Crippen LogP contribution in [0.2, 0.25) is 0 Å². The van der Waals surface area contributed by atoms with Crippen LogP contribution in [-0.2, 0) is 16.4 Å². The van der Waals surface area contributed by atoms with Gasteiger partial charge in [-0.2, -0.15) is 0 Å². The number of aryl methyl sites for hydroxylation is 1. The summed E-state index contributed by atoms with van der Waals surface area (Å²) in [7, 11) is -3.65. The van der Waals surface area contributed by atoms with Crippen molar-refractivity contribution in [3.63, 3.8) is 0 Å². The third kappa shape index (κ3) is 3.64. The Morgan fingerprint density at radius 3 is 2.60 bits per heavy atom. The Hall–Kier alpha value is -2.97. The van der Waals surface area contributed by atoms with Gasteiger partial charge in [-0.1, -0.05) is 29.8 Å². The van der Waals surface area contributed by atoms with Crippen LogP contribution >= 0.6 is 0 Å². The number of amides is 1. The van der Waals surface area contributed by atoms with E-state index in [1.807, 2.05) is 30.5 Å². The Morgan fingerprint density at radius 2 is 1.87 bits per heavy atom. The second-order valence-electron chi connectivity index (χ2n) is 7.61. The predicted molar refractivity (Wildman–Crippen MR) is 115 cm³/mol. The lowest BCUT2D eigenvalue weighted by Crippen LogP contribution is -2.36. The van der Waals surface area contributed by atoms with Gasteiger partial charge in [0.15, 0.2) is 0 Å². The summed E-state index contributed by atoms with van der Waals surface area (Å²) in [6.07, 6.45) is 2.43. The normalized spacial score (nSPS) is 15.5. The highest BCUT2D eigenvalue weighted by atomic mass is 32.2. The van der Waals surface area contributed by atoms with Crippen molar-refractivity contribution in [3.05, 3.63) is 75.6 Å². The molecule has 0 saturated heterocycles. The first-order chi connectivity index (χ1) is 14.3. The molecule has 1 atom stereocenters. The Labute approximate surface area is 174 Å². The largest absolute Gasteiger partial charge is 0.351 e. The predicted octanol–water partition coefficient (Wildman–Crippen LogP) is 2.14. The van der Waals surface area contributed by atoms with Gasteiger partial charge in [0.2, 0.25) is 15.5 Å². The number of hydrogen-bond donors (Lipinski definition) is 2. The summed E-state index contributed by atoms with van der Waals surface area (Å²) in [4.78, 5) is 25.6. The van der Waals surface area contributed by atoms with Crippen LogP contribution in [0, 0.1) is 6.92 Å². The number of sulfonamides is 1. The number of nitrogens with one attached hydrogen (secondary N) is 2. The Bertz CT molecular complexity index is 1290. The van der Waals surface area contributed by atoms with Crippen LogP contribution in [0.1, 0.15) is 34.5 Å². The lowest BCUT2D eigenvalue weighted by Gasteiger charge is -2.13. The lowest BCUT2D eigenvalue weighted by atomic mass is 10.1. The molecule has 0 saturated carbocycles. The summed E-state index contributed by atoms with van der Waals surface area (Å²) >= 11 is 0. The number of carbonyl (C=O) groups is 1. The van der Waals surface area contributed by atoms with Crippen LogP contribution in [0.5, 0.6) is 0 Å². The lowest BCUT2D eigenvalue weighted by molar-refractivity contribution is 0.0952. The van der Waals surface area contributed by atoms with E-state index in [0.717, 1.165) is 23.1 Å². The Balaban J connectivity index is 1.46. The molecule has 0 spiro atoms. The molecule has 1 aliphatic heterocycles. The monoisotopic (exact) mass is 425 g/mol. The molecule has 2 aromatic carbocycles. The minimum Gasteiger partial charge on any atom is -0.351 e. The molecule has 30 heavy (non-hydrogen) atoms. The molecule has 8 heteroatoms. The van der Waals surface area contributed by atoms with E-state index in [9.17, 15) is 18.0 Å². The van der Waals surface area contributed by atoms with Crippen molar-refractivity contribution in [1.82, 2.24) is 14.6 Å². The van der Waals surface area contributed by atoms with Crippen LogP contribution in [0.3, 0.4) is 0 Å². The SMILES string of the molecule is Cc1ccc(S(=O)(=O)NCCNC(=O)c2cn3c4c(cccc4c2=O)CC3C)cc1. The average molecular weight is 426 g/mol. The van der Waals surface area contributed by atoms with Crippen LogP contribution in [0.15, 0.2) is 58.4 Å². The van der Waals surface area contributed by atoms with Crippen molar-refractivity contribution in [2.24, 2.45) is 0 Å². The minimum absolute atomic E-state index is 0.0181. The maximum absolute atomic E-state index is 12.8. The highest BCUT2D eigenvalue weighted by Crippen LogP contribution is 2.30. The summed E-state index contributed by atoms with van der Waals surface area (Å²) < 4.78 is 29.0. The maximum atomic E-state index is 12.8. The molecule has 0 aliphatic carbocycles. The Morgan fingerprint density at radius 1 is 1.13 bits per heavy atom. The first kappa shape index (κ1) is 20.3. The van der Waals surface area contributed by atoms with Crippen molar-refractivity contribution in [3.8, 4) is 0 Å². The summed E-state index contributed by atoms with van der Waals surface area (Å²) in [5.74, 6) is -0.510. The van der Waals surface area contributed by atoms with Crippen LogP contribution < -0.4 is 15.5 Å². The summed E-state index contributed by atoms with van der Waals surface area (Å²) in [6, 6.07) is 12.3. The number of aromatic nitrogens is 1. The van der Waals surface area contributed by atoms with Crippen molar-refractivity contribution in [2.75, 3.05) is 13.1 Å². The molecule has 7 nitrogen and oxygen atoms in total. The molecule has 1 aromatic heterocycles. The first-order valence-electron chi connectivity index (χ1n) is 9.79. The van der Waals surface area contributed by atoms with Gasteiger partial charge < -0.3 is 9.88 Å². The van der Waals surface area contributed by atoms with E-state index in [1.54, 1.807) is 24.4 Å². The molecule has 4 rings (SSSR count). The smallest absolute Gasteiger partial charge is 0.256 e. The fourth-order valence-electron chi connectivity index (χ4n) is 3.83. The molecule has 0 fully saturated rings. The van der Waals surface area contributed by atoms with Gasteiger partial charge in [-0.05, 0) is 44.0 Å². The van der Waals surface area contributed by atoms with Gasteiger partial charge >= 0.3 is 0 Å². The van der Waals surface area contributed by atoms with Gasteiger partial charge in [0.05, 0.1) is 10.4 Å². The highest BCUT2D eigenvalue weighted by molar-refractivity contribution is 7.89. The van der Waals surface area contributed by atoms with Gasteiger partial charge in [0.25, 0.3) is 5.91 Å². The second-order valence-corrected chi connectivity index (χ2v) is 9.38. The highest BCUT2D eigenvalue weighted by Gasteiger charge is 2.24. The molecule has 3 aromatic rings. The topological polar surface area (TPSA) is 97.3 Å². The van der Waals surface area contributed by atoms with E-state index in [1.165, 1.54) is 12.1 Å². The number of carbonyl (C=O) groups excluding carboxylic acids is 1. The molecule has 0 bridgehead atoms. The second kappa shape index (κ2) is 7.70. The molecular weight excluding hydrogens is 402 g/mol. The molecule has 1 amide bonds. The maximum Gasteiger partial charge on any atom is 0.256 e. The molecule has 2 N–H and O–H groups in total. The van der Waals surface area contributed by atoms with Gasteiger partial charge in [0.1, 0.15) is 5.56 Å². The van der Waals surface area contributed by atoms with Gasteiger partial charge in [-0.3, -0.25) is 9.59 Å². The van der Waals surface area contributed by atoms with E-state index >= 15 is 0 Å². The van der Waals surface area contributed by atoms with E-state index in [0.29, 0.717) is 5.39 Å². The quantitative estimate of drug-likeness (QED) is 0.591. The van der Waals surface area contributed by atoms with Crippen LogP contribution in [0.4, 0.5) is 0 Å². The zero-order valence-electron chi connectivity index (χ0n) is 16.8. The number of rotatable bonds is 6. The van der Waals surface area contributed by atoms with Crippen LogP contribution in [-0.4, -0.2) is 32.0 Å². The zero-order chi connectivity index (χ0) is 21.5. The van der Waals surface area contributed by atoms with Crippen LogP contribution in [0.25, 0.3) is 10.9 Å². The standard InChI is InChI=1S/C22H23N3O4S/c1-14-6-8-17(9-7-14)30(28,29)24-11-10-23-22(27)19-13-25-15(2)12-16-4-3-5-18(20(16)25)21(19)26/h3-9,13,15,24H,10-12H2,1-2H3,(H,23,27). The molecule has 2 heterocycles. The summed E-state index contributed by atoms with van der Waals surface area (Å²) in [6.45, 7) is 4.01. The van der Waals surface area contributed by atoms with E-state index in [4.69, 9.17) is 0 Å². The third-order valence-corrected chi connectivity index (χ3v) is 6.88. The number of hydrogen-bond acceptors (Lipinski definition) is 4. The third-order valence-electron chi connectivity index (χ3n) is 5.40. The van der Waals surface area contributed by atoms with Gasteiger partial charge in [0, 0.05) is 30.7 Å². The summed E-state index contributed by atoms with van der Waals surface area (Å²) in [5.41, 5.74) is 2.71. The van der Waals surface area contributed by atoms with Crippen molar-refractivity contribution >= 4 is 26.8 Å². The zero-order valence-corrected chi connectivity index (χ0v) is 17.6. The van der Waals surface area contributed by atoms with Crippen molar-refractivity contribution in [1.29, 1.82) is 0 Å². The summed E-state index contributed by atoms with van der Waals surface area (Å²) in [5, 5.41) is 3.17. The molecule has 0 radical (unpaired) electrons. The Kier molecular flexibility index (Phi) is 5.21. The van der Waals surface area contributed by atoms with E-state index < -0.39 is 15.9 Å². The number of para-hydroxylation sites is 1. The minimum atomic E-state index is -3.65. The molecular formula is C22H23N3O4S. The van der Waals surface area contributed by atoms with Gasteiger partial charge in [-0.25, -0.2) is 13.1 Å². The van der Waals surface area contributed by atoms with E-state index in [2.05, 4.69) is 10.0 Å². The molecule has 156 valence electrons. The fraction of sp³-hybridized carbons (Fsp3) is 0.273. The fourth-order valence-corrected chi connectivity index (χ4v) is 4.87. The molecule has 1 unspecified atom stereocenters. The van der Waals surface area contributed by atoms with Crippen molar-refractivity contribution < 1.29 is 13.2 Å². The average Bonchev–Trinajstić information content (AvgIpc) is 3.04. The molecule has 1 aliphatic rings. The number of nitrogens with zero attached hydrogens (tertiary/aromatic N) is 1. The van der Waals surface area contributed by atoms with Crippen molar-refractivity contribution in [2.45, 2.75) is 31.2 Å². The number of pyridine rings is 1.